The lowest BCUT2D eigenvalue weighted by molar-refractivity contribution is -0.115. The van der Waals surface area contributed by atoms with Gasteiger partial charge in [-0.2, -0.15) is 10.1 Å². The largest absolute Gasteiger partial charge is 0.489 e. The molecule has 1 aromatic heterocycles. The third-order valence-electron chi connectivity index (χ3n) is 4.48. The second-order valence-electron chi connectivity index (χ2n) is 6.31. The smallest absolute Gasteiger partial charge is 0.248 e. The molecule has 0 spiro atoms. The molecule has 3 aromatic rings. The van der Waals surface area contributed by atoms with Crippen molar-refractivity contribution in [1.29, 1.82) is 0 Å². The molecule has 0 aliphatic carbocycles. The van der Waals surface area contributed by atoms with Crippen molar-refractivity contribution >= 4 is 11.9 Å². The highest BCUT2D eigenvalue weighted by Gasteiger charge is 2.32. The number of fused-ring (bicyclic) bond motifs is 1. The van der Waals surface area contributed by atoms with Gasteiger partial charge in [0.05, 0.1) is 5.57 Å². The van der Waals surface area contributed by atoms with Gasteiger partial charge >= 0.3 is 0 Å². The Labute approximate surface area is 156 Å². The number of hydrogen-bond acceptors (Lipinski definition) is 5. The summed E-state index contributed by atoms with van der Waals surface area (Å²) >= 11 is 0. The molecule has 1 amide bonds. The number of nitrogens with one attached hydrogen (secondary N) is 1. The van der Waals surface area contributed by atoms with E-state index in [-0.39, 0.29) is 0 Å². The minimum Gasteiger partial charge on any atom is -0.489 e. The summed E-state index contributed by atoms with van der Waals surface area (Å²) < 4.78 is 7.58. The van der Waals surface area contributed by atoms with Gasteiger partial charge in [0.15, 0.2) is 0 Å². The topological polar surface area (TPSA) is 95.1 Å². The average molecular weight is 361 g/mol. The normalized spacial score (nSPS) is 15.8. The van der Waals surface area contributed by atoms with E-state index in [1.54, 1.807) is 11.6 Å². The van der Waals surface area contributed by atoms with Gasteiger partial charge in [0.25, 0.3) is 0 Å². The molecule has 0 unspecified atom stereocenters. The fourth-order valence-electron chi connectivity index (χ4n) is 3.23. The van der Waals surface area contributed by atoms with E-state index in [2.05, 4.69) is 15.4 Å². The van der Waals surface area contributed by atoms with Crippen LogP contribution in [0.1, 0.15) is 24.1 Å². The zero-order valence-corrected chi connectivity index (χ0v) is 14.8. The highest BCUT2D eigenvalue weighted by Crippen LogP contribution is 2.35. The van der Waals surface area contributed by atoms with Crippen LogP contribution < -0.4 is 15.8 Å². The number of allylic oxidation sites excluding steroid dienone is 1. The first-order chi connectivity index (χ1) is 13.1. The summed E-state index contributed by atoms with van der Waals surface area (Å²) in [6, 6.07) is 17.1. The van der Waals surface area contributed by atoms with Crippen LogP contribution in [0.3, 0.4) is 0 Å². The number of ether oxygens (including phenoxy) is 1. The summed E-state index contributed by atoms with van der Waals surface area (Å²) in [5.41, 5.74) is 8.71. The van der Waals surface area contributed by atoms with Crippen LogP contribution in [0.2, 0.25) is 0 Å². The summed E-state index contributed by atoms with van der Waals surface area (Å²) in [7, 11) is 0. The molecular weight excluding hydrogens is 342 g/mol. The number of carbonyl (C=O) groups is 1. The van der Waals surface area contributed by atoms with Crippen LogP contribution >= 0.6 is 0 Å². The van der Waals surface area contributed by atoms with Crippen LogP contribution in [0.25, 0.3) is 0 Å². The third-order valence-corrected chi connectivity index (χ3v) is 4.48. The van der Waals surface area contributed by atoms with Gasteiger partial charge in [0.2, 0.25) is 11.9 Å². The van der Waals surface area contributed by atoms with E-state index in [0.29, 0.717) is 29.6 Å². The highest BCUT2D eigenvalue weighted by atomic mass is 16.5. The Hall–Kier alpha value is -3.61. The molecule has 0 radical (unpaired) electrons. The number of carbonyl (C=O) groups excluding carboxylic acids is 1. The van der Waals surface area contributed by atoms with E-state index in [1.807, 2.05) is 54.6 Å². The van der Waals surface area contributed by atoms with Crippen molar-refractivity contribution in [1.82, 2.24) is 14.8 Å². The van der Waals surface area contributed by atoms with E-state index in [4.69, 9.17) is 10.5 Å². The lowest BCUT2D eigenvalue weighted by atomic mass is 9.95. The van der Waals surface area contributed by atoms with Crippen LogP contribution in [0, 0.1) is 0 Å². The molecule has 7 heteroatoms. The molecule has 3 N–H and O–H groups in total. The number of nitrogens with two attached hydrogens (primary N) is 1. The highest BCUT2D eigenvalue weighted by molar-refractivity contribution is 5.95. The second kappa shape index (κ2) is 6.95. The summed E-state index contributed by atoms with van der Waals surface area (Å²) in [6.45, 7) is 2.27. The third kappa shape index (κ3) is 3.27. The summed E-state index contributed by atoms with van der Waals surface area (Å²) in [4.78, 5) is 16.3. The molecule has 1 atom stereocenters. The van der Waals surface area contributed by atoms with Crippen molar-refractivity contribution in [2.45, 2.75) is 19.6 Å². The molecule has 0 bridgehead atoms. The Morgan fingerprint density at radius 2 is 2.04 bits per heavy atom. The van der Waals surface area contributed by atoms with Gasteiger partial charge in [-0.05, 0) is 30.2 Å². The van der Waals surface area contributed by atoms with Crippen LogP contribution in [-0.2, 0) is 11.4 Å². The maximum atomic E-state index is 12.1. The fraction of sp³-hybridized carbons (Fsp3) is 0.150. The Bertz CT molecular complexity index is 1010. The number of rotatable bonds is 5. The molecule has 0 saturated carbocycles. The van der Waals surface area contributed by atoms with Crippen molar-refractivity contribution < 1.29 is 9.53 Å². The van der Waals surface area contributed by atoms with Crippen LogP contribution in [0.15, 0.2) is 72.2 Å². The Morgan fingerprint density at radius 3 is 2.81 bits per heavy atom. The van der Waals surface area contributed by atoms with E-state index < -0.39 is 11.9 Å². The standard InChI is InChI=1S/C20H19N5O2/c1-13-17(19(21)26)18(25-20(24-13)22-12-23-25)15-8-5-9-16(10-15)27-11-14-6-3-2-4-7-14/h2-10,12,18H,11H2,1H3,(H2,21,26)(H,22,23,24)/t18-/m0/s1. The molecule has 4 rings (SSSR count). The zero-order chi connectivity index (χ0) is 18.8. The first-order valence-electron chi connectivity index (χ1n) is 8.57. The van der Waals surface area contributed by atoms with E-state index >= 15 is 0 Å². The Morgan fingerprint density at radius 1 is 1.22 bits per heavy atom. The van der Waals surface area contributed by atoms with Crippen molar-refractivity contribution in [2.75, 3.05) is 5.32 Å². The number of anilines is 1. The lowest BCUT2D eigenvalue weighted by Gasteiger charge is -2.27. The molecular formula is C20H19N5O2. The van der Waals surface area contributed by atoms with Crippen LogP contribution in [0.5, 0.6) is 5.75 Å². The van der Waals surface area contributed by atoms with Gasteiger partial charge in [-0.1, -0.05) is 42.5 Å². The van der Waals surface area contributed by atoms with Crippen LogP contribution in [-0.4, -0.2) is 20.7 Å². The van der Waals surface area contributed by atoms with E-state index in [1.165, 1.54) is 6.33 Å². The van der Waals surface area contributed by atoms with Gasteiger partial charge in [-0.3, -0.25) is 4.79 Å². The van der Waals surface area contributed by atoms with Crippen LogP contribution in [0.4, 0.5) is 5.95 Å². The second-order valence-corrected chi connectivity index (χ2v) is 6.31. The van der Waals surface area contributed by atoms with Gasteiger partial charge in [-0.25, -0.2) is 4.68 Å². The predicted molar refractivity (Wildman–Crippen MR) is 101 cm³/mol. The van der Waals surface area contributed by atoms with Gasteiger partial charge < -0.3 is 15.8 Å². The molecule has 1 aliphatic heterocycles. The Balaban J connectivity index is 1.67. The van der Waals surface area contributed by atoms with Gasteiger partial charge in [0.1, 0.15) is 24.7 Å². The monoisotopic (exact) mass is 361 g/mol. The molecule has 0 saturated heterocycles. The minimum atomic E-state index is -0.498. The first kappa shape index (κ1) is 16.8. The summed E-state index contributed by atoms with van der Waals surface area (Å²) in [5, 5.41) is 7.33. The molecule has 136 valence electrons. The summed E-state index contributed by atoms with van der Waals surface area (Å²) in [5.74, 6) is 0.776. The van der Waals surface area contributed by atoms with E-state index in [9.17, 15) is 4.79 Å². The van der Waals surface area contributed by atoms with E-state index in [0.717, 1.165) is 11.1 Å². The fourth-order valence-corrected chi connectivity index (χ4v) is 3.23. The summed E-state index contributed by atoms with van der Waals surface area (Å²) in [6.07, 6.45) is 1.45. The molecule has 2 aromatic carbocycles. The van der Waals surface area contributed by atoms with Crippen molar-refractivity contribution in [3.63, 3.8) is 0 Å². The van der Waals surface area contributed by atoms with Crippen molar-refractivity contribution in [2.24, 2.45) is 5.73 Å². The molecule has 2 heterocycles. The molecule has 0 fully saturated rings. The molecule has 1 aliphatic rings. The zero-order valence-electron chi connectivity index (χ0n) is 14.8. The number of aromatic nitrogens is 3. The SMILES string of the molecule is CC1=C(C(N)=O)[C@H](c2cccc(OCc3ccccc3)c2)n2ncnc2N1. The number of benzene rings is 2. The maximum absolute atomic E-state index is 12.1. The number of amides is 1. The maximum Gasteiger partial charge on any atom is 0.248 e. The minimum absolute atomic E-state index is 0.452. The quantitative estimate of drug-likeness (QED) is 0.728. The van der Waals surface area contributed by atoms with Crippen molar-refractivity contribution in [3.8, 4) is 5.75 Å². The average Bonchev–Trinajstić information content (AvgIpc) is 3.14. The predicted octanol–water partition coefficient (Wildman–Crippen LogP) is 2.63. The van der Waals surface area contributed by atoms with Gasteiger partial charge in [0, 0.05) is 5.70 Å². The number of nitrogens with zero attached hydrogens (tertiary/aromatic N) is 3. The molecule has 7 nitrogen and oxygen atoms in total. The molecule has 27 heavy (non-hydrogen) atoms. The van der Waals surface area contributed by atoms with Crippen molar-refractivity contribution in [3.05, 3.63) is 83.3 Å². The Kier molecular flexibility index (Phi) is 4.33. The lowest BCUT2D eigenvalue weighted by Crippen LogP contribution is -2.31. The van der Waals surface area contributed by atoms with Gasteiger partial charge in [-0.15, -0.1) is 0 Å². The number of hydrogen-bond donors (Lipinski definition) is 2. The number of primary amides is 1. The first-order valence-corrected chi connectivity index (χ1v) is 8.57.